The van der Waals surface area contributed by atoms with Crippen LogP contribution in [-0.4, -0.2) is 29.2 Å². The molecule has 49 heavy (non-hydrogen) atoms. The summed E-state index contributed by atoms with van der Waals surface area (Å²) in [7, 11) is 2.01. The topological polar surface area (TPSA) is 96.3 Å². The van der Waals surface area contributed by atoms with Gasteiger partial charge in [0.05, 0.1) is 11.1 Å². The highest BCUT2D eigenvalue weighted by Gasteiger charge is 2.15. The van der Waals surface area contributed by atoms with Crippen LogP contribution in [0.2, 0.25) is 0 Å². The lowest BCUT2D eigenvalue weighted by Gasteiger charge is -2.24. The molecule has 0 saturated carbocycles. The summed E-state index contributed by atoms with van der Waals surface area (Å²) in [5, 5.41) is 20.5. The quantitative estimate of drug-likeness (QED) is 0.138. The maximum absolute atomic E-state index is 11.1. The summed E-state index contributed by atoms with van der Waals surface area (Å²) in [5.41, 5.74) is 7.69. The van der Waals surface area contributed by atoms with Gasteiger partial charge in [0.15, 0.2) is 0 Å². The third kappa shape index (κ3) is 7.80. The summed E-state index contributed by atoms with van der Waals surface area (Å²) in [4.78, 5) is 24.3. The van der Waals surface area contributed by atoms with Gasteiger partial charge in [0.2, 0.25) is 0 Å². The number of aromatic carboxylic acids is 2. The third-order valence-corrected chi connectivity index (χ3v) is 8.36. The van der Waals surface area contributed by atoms with E-state index in [4.69, 9.17) is 19.7 Å². The Morgan fingerprint density at radius 2 is 1.31 bits per heavy atom. The minimum absolute atomic E-state index is 0.247. The molecule has 0 atom stereocenters. The van der Waals surface area contributed by atoms with Crippen LogP contribution >= 0.6 is 0 Å². The molecule has 2 N–H and O–H groups in total. The van der Waals surface area contributed by atoms with E-state index in [1.807, 2.05) is 61.8 Å². The Bertz CT molecular complexity index is 2140. The third-order valence-electron chi connectivity index (χ3n) is 8.36. The van der Waals surface area contributed by atoms with Crippen molar-refractivity contribution in [2.24, 2.45) is 0 Å². The van der Waals surface area contributed by atoms with Crippen molar-refractivity contribution in [3.63, 3.8) is 0 Å². The van der Waals surface area contributed by atoms with Crippen LogP contribution in [0.15, 0.2) is 134 Å². The average Bonchev–Trinajstić information content (AvgIpc) is 3.11. The van der Waals surface area contributed by atoms with Crippen molar-refractivity contribution in [3.05, 3.63) is 173 Å². The van der Waals surface area contributed by atoms with Crippen molar-refractivity contribution in [2.75, 3.05) is 11.9 Å². The zero-order valence-electron chi connectivity index (χ0n) is 27.2. The highest BCUT2D eigenvalue weighted by atomic mass is 16.5. The van der Waals surface area contributed by atoms with Gasteiger partial charge in [-0.2, -0.15) is 0 Å². The van der Waals surface area contributed by atoms with Crippen molar-refractivity contribution in [1.82, 2.24) is 0 Å². The van der Waals surface area contributed by atoms with Crippen LogP contribution in [0.3, 0.4) is 0 Å². The second-order valence-electron chi connectivity index (χ2n) is 11.7. The fourth-order valence-corrected chi connectivity index (χ4v) is 5.59. The summed E-state index contributed by atoms with van der Waals surface area (Å²) in [6.07, 6.45) is 14.3. The molecule has 0 aliphatic carbocycles. The van der Waals surface area contributed by atoms with Crippen LogP contribution in [0.4, 0.5) is 5.69 Å². The second kappa shape index (κ2) is 14.6. The number of carbonyl (C=O) groups is 2. The smallest absolute Gasteiger partial charge is 0.335 e. The molecule has 0 unspecified atom stereocenters. The van der Waals surface area contributed by atoms with Crippen LogP contribution in [0.1, 0.15) is 48.5 Å². The standard InChI is InChI=1S/C42H35NO6/c1-28-8-13-31(38-24-35(18-20-37(28)38)48-26-29-9-14-33(15-10-29)41(44)45)6-4-3-5-7-32-22-23-43(2)40-21-19-36(25-39(32)40)49-27-30-11-16-34(17-12-30)42(46)47/h3-25H,26-27H2,1-2H3,(H,44,45)(H,46,47)/b5-3+,6-4+,32-7-. The first-order valence-corrected chi connectivity index (χ1v) is 15.8. The fourth-order valence-electron chi connectivity index (χ4n) is 5.59. The number of nitrogens with zero attached hydrogens (tertiary/aromatic N) is 1. The van der Waals surface area contributed by atoms with Gasteiger partial charge in [-0.25, -0.2) is 9.59 Å². The largest absolute Gasteiger partial charge is 0.489 e. The summed E-state index contributed by atoms with van der Waals surface area (Å²) in [6, 6.07) is 29.7. The molecule has 0 spiro atoms. The van der Waals surface area contributed by atoms with Crippen LogP contribution in [0.25, 0.3) is 22.4 Å². The van der Waals surface area contributed by atoms with E-state index in [0.717, 1.165) is 55.8 Å². The van der Waals surface area contributed by atoms with Gasteiger partial charge in [-0.15, -0.1) is 0 Å². The van der Waals surface area contributed by atoms with Crippen molar-refractivity contribution in [1.29, 1.82) is 0 Å². The Morgan fingerprint density at radius 3 is 1.94 bits per heavy atom. The van der Waals surface area contributed by atoms with Crippen LogP contribution in [0.5, 0.6) is 11.5 Å². The number of allylic oxidation sites excluding steroid dienone is 6. The van der Waals surface area contributed by atoms with Crippen molar-refractivity contribution in [2.45, 2.75) is 20.1 Å². The monoisotopic (exact) mass is 649 g/mol. The Balaban J connectivity index is 1.15. The molecule has 1 aliphatic heterocycles. The average molecular weight is 650 g/mol. The zero-order valence-corrected chi connectivity index (χ0v) is 27.2. The second-order valence-corrected chi connectivity index (χ2v) is 11.7. The molecule has 5 aromatic carbocycles. The van der Waals surface area contributed by atoms with Gasteiger partial charge in [-0.3, -0.25) is 0 Å². The van der Waals surface area contributed by atoms with Gasteiger partial charge in [-0.1, -0.05) is 72.8 Å². The molecule has 0 amide bonds. The number of carboxylic acids is 2. The maximum atomic E-state index is 11.1. The normalized spacial score (nSPS) is 13.3. The molecule has 7 heteroatoms. The van der Waals surface area contributed by atoms with Crippen molar-refractivity contribution >= 4 is 40.0 Å². The first kappa shape index (κ1) is 32.6. The fraction of sp³-hybridized carbons (Fsp3) is 0.0952. The summed E-state index contributed by atoms with van der Waals surface area (Å²) in [6.45, 7) is 2.76. The Morgan fingerprint density at radius 1 is 0.694 bits per heavy atom. The number of hydrogen-bond acceptors (Lipinski definition) is 5. The zero-order chi connectivity index (χ0) is 34.3. The van der Waals surface area contributed by atoms with Gasteiger partial charge >= 0.3 is 11.9 Å². The lowest BCUT2D eigenvalue weighted by molar-refractivity contribution is 0.0686. The van der Waals surface area contributed by atoms with Gasteiger partial charge in [0.25, 0.3) is 0 Å². The number of fused-ring (bicyclic) bond motifs is 2. The Labute approximate surface area is 285 Å². The lowest BCUT2D eigenvalue weighted by Crippen LogP contribution is -2.13. The molecule has 5 aromatic rings. The molecule has 0 bridgehead atoms. The first-order chi connectivity index (χ1) is 23.7. The summed E-state index contributed by atoms with van der Waals surface area (Å²) < 4.78 is 12.1. The SMILES string of the molecule is Cc1ccc(/C=C/C=C/C=C2/C=CN(C)c3ccc(OCc4ccc(C(=O)O)cc4)cc32)c2cc(OCc3ccc(C(=O)O)cc3)ccc12. The number of rotatable bonds is 11. The minimum atomic E-state index is -0.951. The van der Waals surface area contributed by atoms with Crippen LogP contribution < -0.4 is 14.4 Å². The van der Waals surface area contributed by atoms with Gasteiger partial charge < -0.3 is 24.6 Å². The van der Waals surface area contributed by atoms with E-state index < -0.39 is 11.9 Å². The van der Waals surface area contributed by atoms with E-state index in [-0.39, 0.29) is 11.1 Å². The van der Waals surface area contributed by atoms with Crippen LogP contribution in [0, 0.1) is 6.92 Å². The number of ether oxygens (including phenoxy) is 2. The molecule has 0 aromatic heterocycles. The van der Waals surface area contributed by atoms with Crippen molar-refractivity contribution in [3.8, 4) is 11.5 Å². The molecule has 244 valence electrons. The van der Waals surface area contributed by atoms with E-state index in [2.05, 4.69) is 48.3 Å². The number of hydrogen-bond donors (Lipinski definition) is 2. The number of anilines is 1. The van der Waals surface area contributed by atoms with Crippen LogP contribution in [-0.2, 0) is 13.2 Å². The van der Waals surface area contributed by atoms with E-state index >= 15 is 0 Å². The number of aryl methyl sites for hydroxylation is 1. The Hall–Kier alpha value is -6.34. The van der Waals surface area contributed by atoms with Gasteiger partial charge in [0.1, 0.15) is 24.7 Å². The molecule has 6 rings (SSSR count). The molecule has 0 fully saturated rings. The minimum Gasteiger partial charge on any atom is -0.489 e. The molecule has 0 saturated heterocycles. The molecular formula is C42H35NO6. The lowest BCUT2D eigenvalue weighted by atomic mass is 9.99. The molecular weight excluding hydrogens is 614 g/mol. The van der Waals surface area contributed by atoms with Gasteiger partial charge in [-0.05, 0) is 106 Å². The number of carboxylic acid groups (broad SMARTS) is 2. The molecule has 1 aliphatic rings. The predicted octanol–water partition coefficient (Wildman–Crippen LogP) is 9.32. The van der Waals surface area contributed by atoms with E-state index in [1.165, 1.54) is 5.56 Å². The van der Waals surface area contributed by atoms with E-state index in [1.54, 1.807) is 48.5 Å². The summed E-state index contributed by atoms with van der Waals surface area (Å²) in [5.74, 6) is -0.435. The summed E-state index contributed by atoms with van der Waals surface area (Å²) >= 11 is 0. The van der Waals surface area contributed by atoms with Gasteiger partial charge in [0, 0.05) is 24.5 Å². The number of benzene rings is 5. The van der Waals surface area contributed by atoms with E-state index in [0.29, 0.717) is 13.2 Å². The first-order valence-electron chi connectivity index (χ1n) is 15.8. The molecule has 0 radical (unpaired) electrons. The Kier molecular flexibility index (Phi) is 9.72. The molecule has 1 heterocycles. The highest BCUT2D eigenvalue weighted by molar-refractivity contribution is 5.94. The van der Waals surface area contributed by atoms with Crippen molar-refractivity contribution < 1.29 is 29.3 Å². The maximum Gasteiger partial charge on any atom is 0.335 e. The van der Waals surface area contributed by atoms with E-state index in [9.17, 15) is 9.59 Å². The molecule has 7 nitrogen and oxygen atoms in total. The predicted molar refractivity (Wildman–Crippen MR) is 194 cm³/mol. The highest BCUT2D eigenvalue weighted by Crippen LogP contribution is 2.35.